The molecule has 0 aromatic carbocycles. The van der Waals surface area contributed by atoms with Gasteiger partial charge in [-0.05, 0) is 6.07 Å². The lowest BCUT2D eigenvalue weighted by Gasteiger charge is -2.09. The van der Waals surface area contributed by atoms with E-state index in [1.165, 1.54) is 0 Å². The molecule has 0 aliphatic heterocycles. The van der Waals surface area contributed by atoms with E-state index >= 15 is 0 Å². The van der Waals surface area contributed by atoms with Crippen molar-refractivity contribution in [1.29, 1.82) is 0 Å². The number of halogens is 6. The molecule has 1 aromatic heterocycles. The SMILES string of the molecule is O=Cc1cc(C(F)(F)F)nc(F)c1C(F)F. The fourth-order valence-electron chi connectivity index (χ4n) is 1.00. The van der Waals surface area contributed by atoms with Gasteiger partial charge in [-0.15, -0.1) is 0 Å². The molecule has 0 aliphatic carbocycles. The number of aldehydes is 1. The van der Waals surface area contributed by atoms with Gasteiger partial charge in [0.05, 0.1) is 5.56 Å². The largest absolute Gasteiger partial charge is 0.433 e. The molecule has 0 saturated carbocycles. The molecule has 0 spiro atoms. The summed E-state index contributed by atoms with van der Waals surface area (Å²) in [5, 5.41) is 0. The van der Waals surface area contributed by atoms with E-state index < -0.39 is 35.4 Å². The Morgan fingerprint density at radius 2 is 1.88 bits per heavy atom. The monoisotopic (exact) mass is 243 g/mol. The molecule has 0 N–H and O–H groups in total. The summed E-state index contributed by atoms with van der Waals surface area (Å²) in [4.78, 5) is 12.6. The van der Waals surface area contributed by atoms with E-state index in [1.807, 2.05) is 0 Å². The van der Waals surface area contributed by atoms with Crippen LogP contribution < -0.4 is 0 Å². The zero-order valence-electron chi connectivity index (χ0n) is 7.36. The number of hydrogen-bond donors (Lipinski definition) is 0. The van der Waals surface area contributed by atoms with Crippen molar-refractivity contribution >= 4 is 6.29 Å². The summed E-state index contributed by atoms with van der Waals surface area (Å²) < 4.78 is 73.4. The van der Waals surface area contributed by atoms with Crippen LogP contribution >= 0.6 is 0 Å². The van der Waals surface area contributed by atoms with Gasteiger partial charge >= 0.3 is 6.18 Å². The molecule has 1 aromatic rings. The van der Waals surface area contributed by atoms with Gasteiger partial charge < -0.3 is 0 Å². The Kier molecular flexibility index (Phi) is 3.20. The molecule has 16 heavy (non-hydrogen) atoms. The highest BCUT2D eigenvalue weighted by atomic mass is 19.4. The van der Waals surface area contributed by atoms with E-state index in [9.17, 15) is 31.1 Å². The molecule has 0 amide bonds. The van der Waals surface area contributed by atoms with Crippen LogP contribution in [0, 0.1) is 5.95 Å². The Labute approximate surface area is 84.9 Å². The predicted molar refractivity (Wildman–Crippen MR) is 39.5 cm³/mol. The number of pyridine rings is 1. The maximum atomic E-state index is 12.8. The summed E-state index contributed by atoms with van der Waals surface area (Å²) in [5.41, 5.74) is -4.21. The van der Waals surface area contributed by atoms with Crippen molar-refractivity contribution in [3.05, 3.63) is 28.8 Å². The first kappa shape index (κ1) is 12.5. The molecule has 0 bridgehead atoms. The number of carbonyl (C=O) groups is 1. The van der Waals surface area contributed by atoms with Gasteiger partial charge in [0.1, 0.15) is 5.69 Å². The first-order valence-electron chi connectivity index (χ1n) is 3.78. The lowest BCUT2D eigenvalue weighted by Crippen LogP contribution is -2.13. The third-order valence-electron chi connectivity index (χ3n) is 1.68. The van der Waals surface area contributed by atoms with Crippen LogP contribution in [0.4, 0.5) is 26.3 Å². The van der Waals surface area contributed by atoms with Crippen LogP contribution in [0.15, 0.2) is 6.07 Å². The second-order valence-electron chi connectivity index (χ2n) is 2.72. The van der Waals surface area contributed by atoms with E-state index in [-0.39, 0.29) is 12.4 Å². The molecule has 0 unspecified atom stereocenters. The van der Waals surface area contributed by atoms with Crippen molar-refractivity contribution in [3.8, 4) is 0 Å². The molecular weight excluding hydrogens is 240 g/mol. The number of nitrogens with zero attached hydrogens (tertiary/aromatic N) is 1. The number of carbonyl (C=O) groups excluding carboxylic acids is 1. The maximum Gasteiger partial charge on any atom is 0.433 e. The molecule has 2 nitrogen and oxygen atoms in total. The Bertz CT molecular complexity index is 414. The quantitative estimate of drug-likeness (QED) is 0.454. The lowest BCUT2D eigenvalue weighted by atomic mass is 10.1. The standard InChI is InChI=1S/C8H3F6NO/c9-6(10)5-3(2-16)1-4(8(12,13)14)15-7(5)11/h1-2,6H. The summed E-state index contributed by atoms with van der Waals surface area (Å²) in [6.45, 7) is 0. The van der Waals surface area contributed by atoms with Crippen LogP contribution in [0.25, 0.3) is 0 Å². The summed E-state index contributed by atoms with van der Waals surface area (Å²) >= 11 is 0. The average Bonchev–Trinajstić information content (AvgIpc) is 2.14. The Balaban J connectivity index is 3.44. The van der Waals surface area contributed by atoms with Gasteiger partial charge in [0.25, 0.3) is 6.43 Å². The van der Waals surface area contributed by atoms with Gasteiger partial charge in [0.2, 0.25) is 5.95 Å². The molecule has 8 heteroatoms. The number of alkyl halides is 5. The normalized spacial score (nSPS) is 11.9. The molecule has 0 radical (unpaired) electrons. The van der Waals surface area contributed by atoms with E-state index in [4.69, 9.17) is 0 Å². The molecular formula is C8H3F6NO. The van der Waals surface area contributed by atoms with Crippen LogP contribution in [-0.2, 0) is 6.18 Å². The van der Waals surface area contributed by atoms with Crippen molar-refractivity contribution in [3.63, 3.8) is 0 Å². The van der Waals surface area contributed by atoms with Gasteiger partial charge in [-0.3, -0.25) is 4.79 Å². The molecule has 88 valence electrons. The Hall–Kier alpha value is -1.60. The topological polar surface area (TPSA) is 30.0 Å². The van der Waals surface area contributed by atoms with Crippen LogP contribution in [0.3, 0.4) is 0 Å². The van der Waals surface area contributed by atoms with E-state index in [0.29, 0.717) is 0 Å². The summed E-state index contributed by atoms with van der Waals surface area (Å²) in [6, 6.07) is 0.0809. The van der Waals surface area contributed by atoms with Crippen LogP contribution in [0.1, 0.15) is 28.0 Å². The molecule has 0 atom stereocenters. The molecule has 0 fully saturated rings. The highest BCUT2D eigenvalue weighted by Crippen LogP contribution is 2.31. The highest BCUT2D eigenvalue weighted by molar-refractivity contribution is 5.77. The van der Waals surface area contributed by atoms with Crippen molar-refractivity contribution in [2.24, 2.45) is 0 Å². The Morgan fingerprint density at radius 3 is 2.25 bits per heavy atom. The zero-order valence-corrected chi connectivity index (χ0v) is 7.36. The van der Waals surface area contributed by atoms with E-state index in [1.54, 1.807) is 0 Å². The van der Waals surface area contributed by atoms with Crippen LogP contribution in [-0.4, -0.2) is 11.3 Å². The van der Waals surface area contributed by atoms with Crippen molar-refractivity contribution < 1.29 is 31.1 Å². The van der Waals surface area contributed by atoms with E-state index in [0.717, 1.165) is 0 Å². The maximum absolute atomic E-state index is 12.8. The minimum Gasteiger partial charge on any atom is -0.298 e. The summed E-state index contributed by atoms with van der Waals surface area (Å²) in [6.07, 6.45) is -8.68. The van der Waals surface area contributed by atoms with Gasteiger partial charge in [-0.25, -0.2) is 13.8 Å². The second-order valence-corrected chi connectivity index (χ2v) is 2.72. The zero-order chi connectivity index (χ0) is 12.5. The van der Waals surface area contributed by atoms with Crippen LogP contribution in [0.5, 0.6) is 0 Å². The smallest absolute Gasteiger partial charge is 0.298 e. The summed E-state index contributed by atoms with van der Waals surface area (Å²) in [5.74, 6) is -1.99. The van der Waals surface area contributed by atoms with Crippen molar-refractivity contribution in [2.45, 2.75) is 12.6 Å². The van der Waals surface area contributed by atoms with Crippen LogP contribution in [0.2, 0.25) is 0 Å². The van der Waals surface area contributed by atoms with Gasteiger partial charge in [0.15, 0.2) is 6.29 Å². The highest BCUT2D eigenvalue weighted by Gasteiger charge is 2.35. The third kappa shape index (κ3) is 2.31. The molecule has 0 saturated heterocycles. The van der Waals surface area contributed by atoms with Gasteiger partial charge in [-0.1, -0.05) is 0 Å². The van der Waals surface area contributed by atoms with Crippen molar-refractivity contribution in [2.75, 3.05) is 0 Å². The van der Waals surface area contributed by atoms with Crippen molar-refractivity contribution in [1.82, 2.24) is 4.98 Å². The minimum atomic E-state index is -5.00. The summed E-state index contributed by atoms with van der Waals surface area (Å²) in [7, 11) is 0. The predicted octanol–water partition coefficient (Wildman–Crippen LogP) is 2.99. The lowest BCUT2D eigenvalue weighted by molar-refractivity contribution is -0.141. The number of rotatable bonds is 2. The third-order valence-corrected chi connectivity index (χ3v) is 1.68. The number of aromatic nitrogens is 1. The molecule has 0 aliphatic rings. The first-order valence-corrected chi connectivity index (χ1v) is 3.78. The van der Waals surface area contributed by atoms with Gasteiger partial charge in [0, 0.05) is 5.56 Å². The fraction of sp³-hybridized carbons (Fsp3) is 0.250. The first-order chi connectivity index (χ1) is 7.27. The van der Waals surface area contributed by atoms with E-state index in [2.05, 4.69) is 4.98 Å². The Morgan fingerprint density at radius 1 is 1.31 bits per heavy atom. The fourth-order valence-corrected chi connectivity index (χ4v) is 1.00. The average molecular weight is 243 g/mol. The van der Waals surface area contributed by atoms with Gasteiger partial charge in [-0.2, -0.15) is 17.6 Å². The molecule has 1 heterocycles. The molecule has 1 rings (SSSR count). The second kappa shape index (κ2) is 4.11. The number of hydrogen-bond acceptors (Lipinski definition) is 2. The minimum absolute atomic E-state index is 0.0809.